The smallest absolute Gasteiger partial charge is 0.0158 e. The van der Waals surface area contributed by atoms with Crippen molar-refractivity contribution < 1.29 is 0 Å². The van der Waals surface area contributed by atoms with Crippen molar-refractivity contribution >= 4 is 32.3 Å². The molecule has 0 radical (unpaired) electrons. The highest BCUT2D eigenvalue weighted by Crippen LogP contribution is 2.51. The maximum Gasteiger partial charge on any atom is 0.0158 e. The van der Waals surface area contributed by atoms with Crippen molar-refractivity contribution in [2.24, 2.45) is 0 Å². The second-order valence-electron chi connectivity index (χ2n) is 16.5. The maximum atomic E-state index is 2.44. The van der Waals surface area contributed by atoms with Crippen molar-refractivity contribution in [1.82, 2.24) is 0 Å². The molecule has 0 amide bonds. The van der Waals surface area contributed by atoms with Crippen LogP contribution in [-0.4, -0.2) is 0 Å². The van der Waals surface area contributed by atoms with Gasteiger partial charge in [0.2, 0.25) is 0 Å². The first-order chi connectivity index (χ1) is 26.3. The van der Waals surface area contributed by atoms with Gasteiger partial charge in [-0.25, -0.2) is 0 Å². The topological polar surface area (TPSA) is 0 Å². The molecule has 0 spiro atoms. The van der Waals surface area contributed by atoms with Gasteiger partial charge in [0.05, 0.1) is 0 Å². The molecule has 54 heavy (non-hydrogen) atoms. The van der Waals surface area contributed by atoms with Gasteiger partial charge in [-0.05, 0) is 147 Å². The van der Waals surface area contributed by atoms with Crippen LogP contribution in [0, 0.1) is 0 Å². The van der Waals surface area contributed by atoms with Gasteiger partial charge in [0.1, 0.15) is 0 Å². The number of fused-ring (bicyclic) bond motifs is 12. The molecule has 0 unspecified atom stereocenters. The Morgan fingerprint density at radius 3 is 1.04 bits per heavy atom. The molecule has 0 aromatic heterocycles. The monoisotopic (exact) mass is 688 g/mol. The number of hydrogen-bond donors (Lipinski definition) is 0. The second-order valence-corrected chi connectivity index (χ2v) is 16.5. The Bertz CT molecular complexity index is 2880. The fourth-order valence-corrected chi connectivity index (χ4v) is 10.0. The Hall–Kier alpha value is -6.24. The van der Waals surface area contributed by atoms with Crippen molar-refractivity contribution in [2.45, 2.75) is 38.5 Å². The van der Waals surface area contributed by atoms with E-state index in [2.05, 4.69) is 198 Å². The zero-order valence-electron chi connectivity index (χ0n) is 31.2. The molecule has 0 nitrogen and oxygen atoms in total. The molecule has 2 aliphatic rings. The van der Waals surface area contributed by atoms with Crippen LogP contribution in [0.2, 0.25) is 0 Å². The molecular formula is C54H40. The van der Waals surface area contributed by atoms with Gasteiger partial charge < -0.3 is 0 Å². The summed E-state index contributed by atoms with van der Waals surface area (Å²) in [6.07, 6.45) is 0. The first-order valence-corrected chi connectivity index (χ1v) is 19.3. The summed E-state index contributed by atoms with van der Waals surface area (Å²) >= 11 is 0. The molecular weight excluding hydrogens is 649 g/mol. The lowest BCUT2D eigenvalue weighted by atomic mass is 9.82. The number of benzene rings is 9. The lowest BCUT2D eigenvalue weighted by molar-refractivity contribution is 0.660. The molecule has 0 bridgehead atoms. The van der Waals surface area contributed by atoms with E-state index in [1.807, 2.05) is 0 Å². The third-order valence-corrected chi connectivity index (χ3v) is 12.8. The molecule has 0 heterocycles. The molecule has 0 N–H and O–H groups in total. The van der Waals surface area contributed by atoms with E-state index in [-0.39, 0.29) is 10.8 Å². The summed E-state index contributed by atoms with van der Waals surface area (Å²) in [5, 5.41) is 7.79. The highest BCUT2D eigenvalue weighted by Gasteiger charge is 2.36. The van der Waals surface area contributed by atoms with Gasteiger partial charge in [0, 0.05) is 10.8 Å². The van der Waals surface area contributed by atoms with Gasteiger partial charge in [0.15, 0.2) is 0 Å². The maximum absolute atomic E-state index is 2.44. The third kappa shape index (κ3) is 4.37. The predicted molar refractivity (Wildman–Crippen MR) is 230 cm³/mol. The Morgan fingerprint density at radius 2 is 0.574 bits per heavy atom. The Balaban J connectivity index is 1.14. The van der Waals surface area contributed by atoms with Crippen molar-refractivity contribution in [3.8, 4) is 55.6 Å². The molecule has 0 saturated carbocycles. The summed E-state index contributed by atoms with van der Waals surface area (Å²) in [6, 6.07) is 64.2. The number of rotatable bonds is 3. The lowest BCUT2D eigenvalue weighted by Gasteiger charge is -2.22. The predicted octanol–water partition coefficient (Wildman–Crippen LogP) is 14.8. The Kier molecular flexibility index (Phi) is 6.46. The zero-order chi connectivity index (χ0) is 36.3. The van der Waals surface area contributed by atoms with Crippen molar-refractivity contribution in [2.75, 3.05) is 0 Å². The van der Waals surface area contributed by atoms with Gasteiger partial charge in [0.25, 0.3) is 0 Å². The Morgan fingerprint density at radius 1 is 0.241 bits per heavy atom. The minimum atomic E-state index is -0.0238. The van der Waals surface area contributed by atoms with Crippen LogP contribution >= 0.6 is 0 Å². The highest BCUT2D eigenvalue weighted by molar-refractivity contribution is 6.25. The van der Waals surface area contributed by atoms with Crippen LogP contribution in [0.3, 0.4) is 0 Å². The van der Waals surface area contributed by atoms with E-state index >= 15 is 0 Å². The first kappa shape index (κ1) is 31.3. The third-order valence-electron chi connectivity index (χ3n) is 12.8. The summed E-state index contributed by atoms with van der Waals surface area (Å²) in [5.74, 6) is 0. The molecule has 9 aromatic rings. The standard InChI is InChI=1S/C54H40/c1-53(2)49-19-11-9-17-44(49)47-31-34(22-25-51(47)53)37-27-36(28-38(29-37)35-23-26-52-48(32-35)45-18-10-12-20-50(45)54(52,3)4)33-21-24-43-41-15-6-5-13-39(41)40-14-7-8-16-42(40)46(43)30-33/h5-32H,1-4H3. The molecule has 0 fully saturated rings. The highest BCUT2D eigenvalue weighted by atomic mass is 14.4. The molecule has 0 heteroatoms. The van der Waals surface area contributed by atoms with Crippen molar-refractivity contribution in [3.63, 3.8) is 0 Å². The van der Waals surface area contributed by atoms with Crippen LogP contribution in [-0.2, 0) is 10.8 Å². The fourth-order valence-electron chi connectivity index (χ4n) is 10.0. The minimum Gasteiger partial charge on any atom is -0.0619 e. The van der Waals surface area contributed by atoms with Gasteiger partial charge in [-0.3, -0.25) is 0 Å². The van der Waals surface area contributed by atoms with E-state index in [4.69, 9.17) is 0 Å². The van der Waals surface area contributed by atoms with Gasteiger partial charge >= 0.3 is 0 Å². The van der Waals surface area contributed by atoms with E-state index < -0.39 is 0 Å². The average molecular weight is 689 g/mol. The molecule has 2 aliphatic carbocycles. The number of hydrogen-bond acceptors (Lipinski definition) is 0. The molecule has 0 aliphatic heterocycles. The molecule has 9 aromatic carbocycles. The minimum absolute atomic E-state index is 0.0238. The van der Waals surface area contributed by atoms with E-state index in [0.29, 0.717) is 0 Å². The van der Waals surface area contributed by atoms with Crippen molar-refractivity contribution in [3.05, 3.63) is 192 Å². The normalized spacial score (nSPS) is 14.6. The van der Waals surface area contributed by atoms with Gasteiger partial charge in [-0.1, -0.05) is 161 Å². The van der Waals surface area contributed by atoms with Crippen LogP contribution in [0.1, 0.15) is 49.9 Å². The average Bonchev–Trinajstić information content (AvgIpc) is 3.59. The summed E-state index contributed by atoms with van der Waals surface area (Å²) < 4.78 is 0. The van der Waals surface area contributed by atoms with Crippen LogP contribution < -0.4 is 0 Å². The molecule has 11 rings (SSSR count). The van der Waals surface area contributed by atoms with Crippen LogP contribution in [0.5, 0.6) is 0 Å². The van der Waals surface area contributed by atoms with E-state index in [1.165, 1.54) is 110 Å². The Labute approximate surface area is 317 Å². The molecule has 0 saturated heterocycles. The van der Waals surface area contributed by atoms with Crippen LogP contribution in [0.25, 0.3) is 88.0 Å². The quantitative estimate of drug-likeness (QED) is 0.162. The van der Waals surface area contributed by atoms with E-state index in [1.54, 1.807) is 0 Å². The summed E-state index contributed by atoms with van der Waals surface area (Å²) in [4.78, 5) is 0. The van der Waals surface area contributed by atoms with Gasteiger partial charge in [-0.2, -0.15) is 0 Å². The van der Waals surface area contributed by atoms with E-state index in [0.717, 1.165) is 0 Å². The zero-order valence-corrected chi connectivity index (χ0v) is 31.2. The van der Waals surface area contributed by atoms with Gasteiger partial charge in [-0.15, -0.1) is 0 Å². The fraction of sp³-hybridized carbons (Fsp3) is 0.111. The van der Waals surface area contributed by atoms with E-state index in [9.17, 15) is 0 Å². The lowest BCUT2D eigenvalue weighted by Crippen LogP contribution is -2.14. The largest absolute Gasteiger partial charge is 0.0619 e. The molecule has 256 valence electrons. The summed E-state index contributed by atoms with van der Waals surface area (Å²) in [6.45, 7) is 9.43. The summed E-state index contributed by atoms with van der Waals surface area (Å²) in [5.41, 5.74) is 18.4. The first-order valence-electron chi connectivity index (χ1n) is 19.3. The van der Waals surface area contributed by atoms with Crippen LogP contribution in [0.4, 0.5) is 0 Å². The second kappa shape index (κ2) is 11.1. The summed E-state index contributed by atoms with van der Waals surface area (Å²) in [7, 11) is 0. The molecule has 0 atom stereocenters. The SMILES string of the molecule is CC1(C)c2ccccc2-c2cc(-c3cc(-c4ccc5c(c4)-c4ccccc4C5(C)C)cc(-c4ccc5c6ccccc6c6ccccc6c5c4)c3)ccc21. The van der Waals surface area contributed by atoms with Crippen LogP contribution in [0.15, 0.2) is 170 Å². The van der Waals surface area contributed by atoms with Crippen molar-refractivity contribution in [1.29, 1.82) is 0 Å².